The zero-order valence-electron chi connectivity index (χ0n) is 78.1. The predicted octanol–water partition coefficient (Wildman–Crippen LogP) is 19.8. The van der Waals surface area contributed by atoms with E-state index in [2.05, 4.69) is 41.5 Å². The zero-order valence-corrected chi connectivity index (χ0v) is 79.0. The van der Waals surface area contributed by atoms with E-state index >= 15 is 0 Å². The summed E-state index contributed by atoms with van der Waals surface area (Å²) in [7, 11) is -5.81. The first kappa shape index (κ1) is 115. The molecule has 0 amide bonds. The third-order valence-electron chi connectivity index (χ3n) is 25.4. The van der Waals surface area contributed by atoms with Crippen LogP contribution in [-0.2, 0) is 70.7 Å². The number of phosphoric ester groups is 1. The number of carbonyl (C=O) groups is 4. The first-order chi connectivity index (χ1) is 59.5. The number of esters is 4. The Balaban J connectivity index is 1.90. The van der Waals surface area contributed by atoms with Crippen molar-refractivity contribution in [3.63, 3.8) is 0 Å². The van der Waals surface area contributed by atoms with E-state index in [1.807, 2.05) is 0 Å². The van der Waals surface area contributed by atoms with E-state index < -0.39 is 162 Å². The number of carbonyl (C=O) groups excluding carboxylic acids is 4. The number of aliphatic hydroxyl groups is 9. The second-order valence-corrected chi connectivity index (χ2v) is 38.3. The maximum atomic E-state index is 15.0. The van der Waals surface area contributed by atoms with Crippen molar-refractivity contribution in [2.75, 3.05) is 26.4 Å². The van der Waals surface area contributed by atoms with Crippen LogP contribution in [0, 0.1) is 11.8 Å². The molecule has 2 saturated heterocycles. The SMILES string of the molecule is CCCCCCCCCCCCCCCCCCC(=O)OC(COC(=O)CCCCCCCCC(C)CCCCCCCC)COP(=O)(O)OC1C(OC2OC(CO)C(O)C(O)C2O)C(O)C(O)C(OC(=O)CCCCCCCCCCCCCCCCCC)C1OC1OC(COC(=O)CCCCCCCCC(C)CCCCCCCC)C(O)C(O)C1O. The molecule has 0 aromatic rings. The lowest BCUT2D eigenvalue weighted by Gasteiger charge is -2.50. The number of aliphatic hydroxyl groups excluding tert-OH is 9. The molecular weight excluding hydrogens is 1600 g/mol. The van der Waals surface area contributed by atoms with Crippen LogP contribution in [-0.4, -0.2) is 205 Å². The van der Waals surface area contributed by atoms with Gasteiger partial charge in [-0.2, -0.15) is 0 Å². The van der Waals surface area contributed by atoms with Crippen molar-refractivity contribution in [2.45, 2.75) is 557 Å². The van der Waals surface area contributed by atoms with Gasteiger partial charge in [-0.1, -0.05) is 401 Å². The fourth-order valence-corrected chi connectivity index (χ4v) is 18.2. The average Bonchev–Trinajstić information content (AvgIpc) is 0.752. The summed E-state index contributed by atoms with van der Waals surface area (Å²) in [6.45, 7) is 10.3. The molecule has 123 heavy (non-hydrogen) atoms. The van der Waals surface area contributed by atoms with Crippen LogP contribution in [0.15, 0.2) is 0 Å². The summed E-state index contributed by atoms with van der Waals surface area (Å²) >= 11 is 0. The standard InChI is InChI=1S/C97H183O25P/c1-7-11-15-19-23-25-27-29-31-33-35-37-39-41-53-61-69-82(101)116-77(72-113-80(99)67-59-51-45-43-49-57-65-75(5)63-55-47-21-17-13-9-3)73-115-123(111,112)122-95-93(120-96-90(109)86(105)84(103)78(71-98)117-96)89(108)88(107)92(119-83(102)70-62-54-42-40-38-36-34-32-30-28-26-24-20-16-12-8-2)94(95)121-97-91(110)87(106)85(104)79(118-97)74-114-81(100)68-60-52-46-44-50-58-66-76(6)64-56-48-22-18-14-10-4/h75-79,84-98,103-110H,7-74H2,1-6H3,(H,111,112). The summed E-state index contributed by atoms with van der Waals surface area (Å²) in [6.07, 6.45) is 30.6. The molecule has 1 aliphatic carbocycles. The highest BCUT2D eigenvalue weighted by atomic mass is 31.2. The van der Waals surface area contributed by atoms with E-state index in [-0.39, 0.29) is 25.7 Å². The zero-order chi connectivity index (χ0) is 89.9. The lowest BCUT2D eigenvalue weighted by Crippen LogP contribution is -2.70. The highest BCUT2D eigenvalue weighted by Crippen LogP contribution is 2.49. The lowest BCUT2D eigenvalue weighted by molar-refractivity contribution is -0.360. The number of hydrogen-bond donors (Lipinski definition) is 10. The number of phosphoric acid groups is 1. The van der Waals surface area contributed by atoms with Crippen LogP contribution in [0.5, 0.6) is 0 Å². The molecule has 10 N–H and O–H groups in total. The second kappa shape index (κ2) is 74.1. The number of unbranched alkanes of at least 4 members (excludes halogenated alkanes) is 50. The van der Waals surface area contributed by atoms with E-state index in [1.165, 1.54) is 225 Å². The molecule has 3 fully saturated rings. The average molecular weight is 1780 g/mol. The molecule has 0 radical (unpaired) electrons. The lowest BCUT2D eigenvalue weighted by atomic mass is 9.84. The molecule has 2 aliphatic heterocycles. The maximum Gasteiger partial charge on any atom is 0.472 e. The van der Waals surface area contributed by atoms with Crippen molar-refractivity contribution in [1.82, 2.24) is 0 Å². The molecule has 26 heteroatoms. The molecule has 0 bridgehead atoms. The topological polar surface area (TPSA) is 380 Å². The Bertz CT molecular complexity index is 2580. The van der Waals surface area contributed by atoms with Gasteiger partial charge < -0.3 is 88.7 Å². The highest BCUT2D eigenvalue weighted by Gasteiger charge is 2.60. The van der Waals surface area contributed by atoms with Gasteiger partial charge in [0.25, 0.3) is 0 Å². The van der Waals surface area contributed by atoms with E-state index in [0.717, 1.165) is 128 Å². The van der Waals surface area contributed by atoms with Gasteiger partial charge in [-0.15, -0.1) is 0 Å². The minimum Gasteiger partial charge on any atom is -0.463 e. The number of hydrogen-bond acceptors (Lipinski definition) is 24. The smallest absolute Gasteiger partial charge is 0.463 e. The second-order valence-electron chi connectivity index (χ2n) is 36.9. The van der Waals surface area contributed by atoms with Crippen molar-refractivity contribution in [2.24, 2.45) is 11.8 Å². The van der Waals surface area contributed by atoms with Crippen LogP contribution in [0.25, 0.3) is 0 Å². The van der Waals surface area contributed by atoms with E-state index in [0.29, 0.717) is 43.9 Å². The predicted molar refractivity (Wildman–Crippen MR) is 481 cm³/mol. The van der Waals surface area contributed by atoms with Crippen molar-refractivity contribution >= 4 is 31.7 Å². The minimum absolute atomic E-state index is 0.0171. The first-order valence-electron chi connectivity index (χ1n) is 50.6. The van der Waals surface area contributed by atoms with E-state index in [1.54, 1.807) is 0 Å². The molecule has 726 valence electrons. The van der Waals surface area contributed by atoms with Gasteiger partial charge in [0, 0.05) is 25.7 Å². The summed E-state index contributed by atoms with van der Waals surface area (Å²) in [5, 5.41) is 103. The summed E-state index contributed by atoms with van der Waals surface area (Å²) < 4.78 is 73.8. The molecular formula is C97H183O25P. The molecule has 20 atom stereocenters. The number of ether oxygens (including phenoxy) is 8. The van der Waals surface area contributed by atoms with Gasteiger partial charge >= 0.3 is 31.7 Å². The van der Waals surface area contributed by atoms with Gasteiger partial charge in [-0.05, 0) is 37.5 Å². The van der Waals surface area contributed by atoms with Crippen LogP contribution >= 0.6 is 7.82 Å². The summed E-state index contributed by atoms with van der Waals surface area (Å²) in [6, 6.07) is 0. The molecule has 0 aromatic heterocycles. The normalized spacial score (nSPS) is 24.9. The van der Waals surface area contributed by atoms with Crippen molar-refractivity contribution in [3.05, 3.63) is 0 Å². The Morgan fingerprint density at radius 1 is 0.317 bits per heavy atom. The number of rotatable bonds is 82. The molecule has 3 rings (SSSR count). The quantitative estimate of drug-likeness (QED) is 0.0117. The largest absolute Gasteiger partial charge is 0.472 e. The third-order valence-corrected chi connectivity index (χ3v) is 26.4. The molecule has 1 saturated carbocycles. The fourth-order valence-electron chi connectivity index (χ4n) is 17.2. The molecule has 0 spiro atoms. The summed E-state index contributed by atoms with van der Waals surface area (Å²) in [5.41, 5.74) is 0. The fraction of sp³-hybridized carbons (Fsp3) is 0.959. The van der Waals surface area contributed by atoms with Crippen LogP contribution in [0.4, 0.5) is 0 Å². The van der Waals surface area contributed by atoms with Crippen LogP contribution < -0.4 is 0 Å². The highest BCUT2D eigenvalue weighted by molar-refractivity contribution is 7.47. The Labute approximate surface area is 744 Å². The summed E-state index contributed by atoms with van der Waals surface area (Å²) in [4.78, 5) is 66.8. The van der Waals surface area contributed by atoms with Crippen LogP contribution in [0.2, 0.25) is 0 Å². The Kier molecular flexibility index (Phi) is 69.0. The molecule has 3 aliphatic rings. The van der Waals surface area contributed by atoms with Gasteiger partial charge in [-0.3, -0.25) is 28.2 Å². The van der Waals surface area contributed by atoms with Gasteiger partial charge in [0.05, 0.1) is 13.2 Å². The molecule has 0 aromatic carbocycles. The van der Waals surface area contributed by atoms with Gasteiger partial charge in [0.1, 0.15) is 92.6 Å². The van der Waals surface area contributed by atoms with Crippen LogP contribution in [0.3, 0.4) is 0 Å². The van der Waals surface area contributed by atoms with Crippen molar-refractivity contribution in [3.8, 4) is 0 Å². The summed E-state index contributed by atoms with van der Waals surface area (Å²) in [5.74, 6) is -1.56. The Hall–Kier alpha value is -2.53. The Morgan fingerprint density at radius 3 is 0.967 bits per heavy atom. The maximum absolute atomic E-state index is 15.0. The third kappa shape index (κ3) is 54.2. The minimum atomic E-state index is -5.81. The van der Waals surface area contributed by atoms with Gasteiger partial charge in [0.2, 0.25) is 0 Å². The first-order valence-corrected chi connectivity index (χ1v) is 52.0. The monoisotopic (exact) mass is 1780 g/mol. The molecule has 25 nitrogen and oxygen atoms in total. The van der Waals surface area contributed by atoms with Crippen molar-refractivity contribution in [1.29, 1.82) is 0 Å². The van der Waals surface area contributed by atoms with Crippen LogP contribution in [0.1, 0.15) is 452 Å². The molecule has 20 unspecified atom stereocenters. The van der Waals surface area contributed by atoms with Gasteiger partial charge in [-0.25, -0.2) is 4.57 Å². The molecule has 2 heterocycles. The van der Waals surface area contributed by atoms with Crippen molar-refractivity contribution < 1.29 is 122 Å². The van der Waals surface area contributed by atoms with E-state index in [4.69, 9.17) is 46.9 Å². The van der Waals surface area contributed by atoms with Gasteiger partial charge in [0.15, 0.2) is 24.8 Å². The Morgan fingerprint density at radius 2 is 0.610 bits per heavy atom. The van der Waals surface area contributed by atoms with E-state index in [9.17, 15) is 74.6 Å².